The number of hydrogen-bond acceptors (Lipinski definition) is 4. The Morgan fingerprint density at radius 2 is 1.82 bits per heavy atom. The quantitative estimate of drug-likeness (QED) is 0.775. The van der Waals surface area contributed by atoms with Crippen LogP contribution < -0.4 is 0 Å². The molecule has 1 aliphatic rings. The number of sulfone groups is 1. The second-order valence-electron chi connectivity index (χ2n) is 5.44. The minimum atomic E-state index is -3.53. The van der Waals surface area contributed by atoms with Crippen molar-refractivity contribution in [1.29, 1.82) is 0 Å². The molecule has 0 amide bonds. The molecule has 8 heteroatoms. The van der Waals surface area contributed by atoms with E-state index in [-0.39, 0.29) is 23.7 Å². The summed E-state index contributed by atoms with van der Waals surface area (Å²) in [7, 11) is -6.89. The van der Waals surface area contributed by atoms with E-state index in [0.29, 0.717) is 17.9 Å². The fraction of sp³-hybridized carbons (Fsp3) is 0.571. The highest BCUT2D eigenvalue weighted by Crippen LogP contribution is 2.26. The molecule has 0 saturated carbocycles. The van der Waals surface area contributed by atoms with Gasteiger partial charge in [0.15, 0.2) is 9.84 Å². The smallest absolute Gasteiger partial charge is 0.214 e. The number of rotatable bonds is 6. The number of sulfonamides is 1. The lowest BCUT2D eigenvalue weighted by Gasteiger charge is -2.16. The molecule has 1 aliphatic heterocycles. The molecule has 1 heterocycles. The number of halogens is 1. The van der Waals surface area contributed by atoms with Gasteiger partial charge in [-0.2, -0.15) is 0 Å². The summed E-state index contributed by atoms with van der Waals surface area (Å²) in [5, 5.41) is -0.223. The number of benzene rings is 1. The Bertz CT molecular complexity index is 714. The summed E-state index contributed by atoms with van der Waals surface area (Å²) in [6, 6.07) is 5.98. The second kappa shape index (κ2) is 6.86. The molecule has 1 saturated heterocycles. The highest BCUT2D eigenvalue weighted by atomic mass is 35.5. The van der Waals surface area contributed by atoms with Crippen molar-refractivity contribution >= 4 is 31.5 Å². The summed E-state index contributed by atoms with van der Waals surface area (Å²) < 4.78 is 50.8. The van der Waals surface area contributed by atoms with Crippen molar-refractivity contribution in [3.8, 4) is 0 Å². The van der Waals surface area contributed by atoms with Crippen molar-refractivity contribution in [3.63, 3.8) is 0 Å². The number of unbranched alkanes of at least 4 members (excludes halogenated alkanes) is 1. The Morgan fingerprint density at radius 3 is 2.41 bits per heavy atom. The standard InChI is InChI=1S/C14H20ClNO4S2/c1-2-3-10-21(17,18)16-9-8-14(11-16)22(19,20)13-6-4-12(15)5-7-13/h4-7,14H,2-3,8-11H2,1H3. The molecule has 1 atom stereocenters. The molecule has 0 spiro atoms. The predicted octanol–water partition coefficient (Wildman–Crippen LogP) is 2.32. The third-order valence-corrected chi connectivity index (χ3v) is 8.20. The van der Waals surface area contributed by atoms with Crippen molar-refractivity contribution in [2.75, 3.05) is 18.8 Å². The first-order valence-electron chi connectivity index (χ1n) is 7.24. The van der Waals surface area contributed by atoms with Crippen molar-refractivity contribution in [2.45, 2.75) is 36.3 Å². The van der Waals surface area contributed by atoms with E-state index in [1.165, 1.54) is 28.6 Å². The Labute approximate surface area is 137 Å². The normalized spacial score (nSPS) is 20.4. The predicted molar refractivity (Wildman–Crippen MR) is 87.3 cm³/mol. The van der Waals surface area contributed by atoms with Crippen LogP contribution in [0.15, 0.2) is 29.2 Å². The van der Waals surface area contributed by atoms with Gasteiger partial charge in [-0.15, -0.1) is 0 Å². The third-order valence-electron chi connectivity index (χ3n) is 3.84. The van der Waals surface area contributed by atoms with E-state index >= 15 is 0 Å². The zero-order valence-electron chi connectivity index (χ0n) is 12.4. The van der Waals surface area contributed by atoms with Crippen LogP contribution in [0.1, 0.15) is 26.2 Å². The van der Waals surface area contributed by atoms with Gasteiger partial charge in [-0.1, -0.05) is 24.9 Å². The first-order chi connectivity index (χ1) is 10.3. The Hall–Kier alpha value is -0.630. The van der Waals surface area contributed by atoms with Crippen molar-refractivity contribution in [3.05, 3.63) is 29.3 Å². The Balaban J connectivity index is 2.14. The van der Waals surface area contributed by atoms with Crippen LogP contribution in [0.5, 0.6) is 0 Å². The van der Waals surface area contributed by atoms with Gasteiger partial charge in [-0.25, -0.2) is 21.1 Å². The van der Waals surface area contributed by atoms with Crippen molar-refractivity contribution < 1.29 is 16.8 Å². The van der Waals surface area contributed by atoms with Gasteiger partial charge >= 0.3 is 0 Å². The van der Waals surface area contributed by atoms with E-state index in [0.717, 1.165) is 6.42 Å². The van der Waals surface area contributed by atoms with E-state index in [1.807, 2.05) is 6.92 Å². The van der Waals surface area contributed by atoms with Crippen LogP contribution in [-0.4, -0.2) is 45.2 Å². The molecule has 5 nitrogen and oxygen atoms in total. The molecule has 1 aromatic carbocycles. The van der Waals surface area contributed by atoms with Crippen LogP contribution in [0.2, 0.25) is 5.02 Å². The second-order valence-corrected chi connectivity index (χ2v) is 10.2. The minimum Gasteiger partial charge on any atom is -0.223 e. The fourth-order valence-electron chi connectivity index (χ4n) is 2.48. The van der Waals surface area contributed by atoms with Crippen LogP contribution in [0.25, 0.3) is 0 Å². The molecule has 1 unspecified atom stereocenters. The summed E-state index contributed by atoms with van der Waals surface area (Å²) in [6.07, 6.45) is 1.71. The van der Waals surface area contributed by atoms with Crippen molar-refractivity contribution in [2.24, 2.45) is 0 Å². The maximum atomic E-state index is 12.6. The van der Waals surface area contributed by atoms with Crippen LogP contribution in [0.4, 0.5) is 0 Å². The zero-order valence-corrected chi connectivity index (χ0v) is 14.8. The van der Waals surface area contributed by atoms with Gasteiger partial charge in [0.2, 0.25) is 10.0 Å². The summed E-state index contributed by atoms with van der Waals surface area (Å²) in [6.45, 7) is 2.23. The molecule has 0 aromatic heterocycles. The molecular weight excluding hydrogens is 346 g/mol. The molecule has 22 heavy (non-hydrogen) atoms. The summed E-state index contributed by atoms with van der Waals surface area (Å²) >= 11 is 5.77. The lowest BCUT2D eigenvalue weighted by atomic mass is 10.4. The van der Waals surface area contributed by atoms with Crippen LogP contribution in [0, 0.1) is 0 Å². The van der Waals surface area contributed by atoms with Gasteiger partial charge in [-0.05, 0) is 37.1 Å². The molecule has 2 rings (SSSR count). The molecule has 1 aromatic rings. The summed E-state index contributed by atoms with van der Waals surface area (Å²) in [5.41, 5.74) is 0. The minimum absolute atomic E-state index is 0.0387. The topological polar surface area (TPSA) is 71.5 Å². The Morgan fingerprint density at radius 1 is 1.18 bits per heavy atom. The average molecular weight is 366 g/mol. The highest BCUT2D eigenvalue weighted by molar-refractivity contribution is 7.92. The number of nitrogens with zero attached hydrogens (tertiary/aromatic N) is 1. The number of hydrogen-bond donors (Lipinski definition) is 0. The van der Waals surface area contributed by atoms with Gasteiger partial charge in [0, 0.05) is 18.1 Å². The van der Waals surface area contributed by atoms with Crippen LogP contribution >= 0.6 is 11.6 Å². The largest absolute Gasteiger partial charge is 0.223 e. The SMILES string of the molecule is CCCCS(=O)(=O)N1CCC(S(=O)(=O)c2ccc(Cl)cc2)C1. The van der Waals surface area contributed by atoms with Gasteiger partial charge in [0.1, 0.15) is 0 Å². The molecule has 0 aliphatic carbocycles. The lowest BCUT2D eigenvalue weighted by molar-refractivity contribution is 0.474. The molecule has 0 radical (unpaired) electrons. The maximum absolute atomic E-state index is 12.6. The first-order valence-corrected chi connectivity index (χ1v) is 10.8. The maximum Gasteiger partial charge on any atom is 0.214 e. The van der Waals surface area contributed by atoms with Gasteiger partial charge in [0.05, 0.1) is 15.9 Å². The summed E-state index contributed by atoms with van der Waals surface area (Å²) in [4.78, 5) is 0.190. The lowest BCUT2D eigenvalue weighted by Crippen LogP contribution is -2.33. The van der Waals surface area contributed by atoms with Crippen LogP contribution in [-0.2, 0) is 19.9 Å². The first kappa shape index (κ1) is 17.7. The third kappa shape index (κ3) is 3.82. The molecule has 0 bridgehead atoms. The molecule has 0 N–H and O–H groups in total. The van der Waals surface area contributed by atoms with E-state index < -0.39 is 25.1 Å². The highest BCUT2D eigenvalue weighted by Gasteiger charge is 2.38. The average Bonchev–Trinajstić information content (AvgIpc) is 2.97. The molecule has 124 valence electrons. The van der Waals surface area contributed by atoms with E-state index in [1.54, 1.807) is 0 Å². The summed E-state index contributed by atoms with van der Waals surface area (Å²) in [5.74, 6) is 0.0806. The van der Waals surface area contributed by atoms with Crippen LogP contribution in [0.3, 0.4) is 0 Å². The van der Waals surface area contributed by atoms with Gasteiger partial charge in [-0.3, -0.25) is 0 Å². The Kier molecular flexibility index (Phi) is 5.53. The fourth-order valence-corrected chi connectivity index (χ4v) is 6.09. The zero-order chi connectivity index (χ0) is 16.4. The van der Waals surface area contributed by atoms with Gasteiger partial charge in [0.25, 0.3) is 0 Å². The van der Waals surface area contributed by atoms with Gasteiger partial charge < -0.3 is 0 Å². The van der Waals surface area contributed by atoms with E-state index in [2.05, 4.69) is 0 Å². The molecular formula is C14H20ClNO4S2. The molecule has 1 fully saturated rings. The van der Waals surface area contributed by atoms with E-state index in [4.69, 9.17) is 11.6 Å². The van der Waals surface area contributed by atoms with E-state index in [9.17, 15) is 16.8 Å². The monoisotopic (exact) mass is 365 g/mol. The van der Waals surface area contributed by atoms with Crippen molar-refractivity contribution in [1.82, 2.24) is 4.31 Å².